The molecule has 0 amide bonds. The molecule has 0 aliphatic rings. The van der Waals surface area contributed by atoms with Gasteiger partial charge in [-0.3, -0.25) is 0 Å². The Morgan fingerprint density at radius 1 is 1.38 bits per heavy atom. The molecule has 2 aromatic rings. The van der Waals surface area contributed by atoms with Crippen molar-refractivity contribution < 1.29 is 8.42 Å². The molecule has 0 fully saturated rings. The summed E-state index contributed by atoms with van der Waals surface area (Å²) < 4.78 is 25.9. The van der Waals surface area contributed by atoms with E-state index in [2.05, 4.69) is 4.98 Å². The Balaban J connectivity index is 2.07. The number of aromatic nitrogens is 1. The molecule has 21 heavy (non-hydrogen) atoms. The van der Waals surface area contributed by atoms with Gasteiger partial charge in [-0.15, -0.1) is 11.3 Å². The molecule has 2 rings (SSSR count). The molecule has 2 N–H and O–H groups in total. The summed E-state index contributed by atoms with van der Waals surface area (Å²) >= 11 is 6.31. The molecule has 1 aromatic carbocycles. The minimum absolute atomic E-state index is 0.0642. The normalized spacial score (nSPS) is 11.7. The maximum atomic E-state index is 12.3. The van der Waals surface area contributed by atoms with Crippen LogP contribution in [0.25, 0.3) is 0 Å². The predicted octanol–water partition coefficient (Wildman–Crippen LogP) is 1.74. The molecule has 0 atom stereocenters. The fourth-order valence-electron chi connectivity index (χ4n) is 1.73. The van der Waals surface area contributed by atoms with Crippen molar-refractivity contribution in [1.29, 1.82) is 0 Å². The molecule has 0 unspecified atom stereocenters. The van der Waals surface area contributed by atoms with Gasteiger partial charge < -0.3 is 5.73 Å². The summed E-state index contributed by atoms with van der Waals surface area (Å²) in [5.74, 6) is -0.0642. The SMILES string of the molecule is CN(Cc1cscn1)S(=O)(=O)Cc1ccc(C(N)=S)cc1. The summed E-state index contributed by atoms with van der Waals surface area (Å²) in [7, 11) is -1.84. The van der Waals surface area contributed by atoms with E-state index >= 15 is 0 Å². The number of rotatable bonds is 6. The van der Waals surface area contributed by atoms with Crippen LogP contribution in [0.4, 0.5) is 0 Å². The van der Waals surface area contributed by atoms with Crippen molar-refractivity contribution in [1.82, 2.24) is 9.29 Å². The van der Waals surface area contributed by atoms with Gasteiger partial charge in [-0.1, -0.05) is 36.5 Å². The molecule has 1 heterocycles. The van der Waals surface area contributed by atoms with Crippen LogP contribution in [0.15, 0.2) is 35.2 Å². The van der Waals surface area contributed by atoms with Crippen LogP contribution >= 0.6 is 23.6 Å². The first-order chi connectivity index (χ1) is 9.88. The van der Waals surface area contributed by atoms with Crippen molar-refractivity contribution >= 4 is 38.6 Å². The number of sulfonamides is 1. The largest absolute Gasteiger partial charge is 0.389 e. The predicted molar refractivity (Wildman–Crippen MR) is 88.5 cm³/mol. The van der Waals surface area contributed by atoms with E-state index in [1.807, 2.05) is 5.38 Å². The van der Waals surface area contributed by atoms with Gasteiger partial charge in [-0.25, -0.2) is 13.4 Å². The first-order valence-corrected chi connectivity index (χ1v) is 9.04. The lowest BCUT2D eigenvalue weighted by Crippen LogP contribution is -2.27. The van der Waals surface area contributed by atoms with Crippen LogP contribution in [-0.4, -0.2) is 29.7 Å². The summed E-state index contributed by atoms with van der Waals surface area (Å²) in [5, 5.41) is 1.84. The molecule has 0 aliphatic carbocycles. The summed E-state index contributed by atoms with van der Waals surface area (Å²) in [6, 6.07) is 6.91. The number of benzene rings is 1. The summed E-state index contributed by atoms with van der Waals surface area (Å²) in [4.78, 5) is 4.39. The van der Waals surface area contributed by atoms with E-state index in [1.54, 1.807) is 36.8 Å². The molecule has 0 radical (unpaired) electrons. The average molecular weight is 341 g/mol. The van der Waals surface area contributed by atoms with Gasteiger partial charge >= 0.3 is 0 Å². The Bertz CT molecular complexity index is 710. The van der Waals surface area contributed by atoms with Gasteiger partial charge in [0.05, 0.1) is 23.5 Å². The Morgan fingerprint density at radius 3 is 2.57 bits per heavy atom. The maximum Gasteiger partial charge on any atom is 0.218 e. The maximum absolute atomic E-state index is 12.3. The second-order valence-corrected chi connectivity index (χ2v) is 7.79. The lowest BCUT2D eigenvalue weighted by atomic mass is 10.1. The van der Waals surface area contributed by atoms with Crippen LogP contribution in [0, 0.1) is 0 Å². The van der Waals surface area contributed by atoms with E-state index in [4.69, 9.17) is 18.0 Å². The van der Waals surface area contributed by atoms with E-state index in [9.17, 15) is 8.42 Å². The molecule has 8 heteroatoms. The first-order valence-electron chi connectivity index (χ1n) is 6.08. The molecule has 0 aliphatic heterocycles. The van der Waals surface area contributed by atoms with Crippen LogP contribution in [-0.2, 0) is 22.3 Å². The van der Waals surface area contributed by atoms with Gasteiger partial charge in [0.2, 0.25) is 10.0 Å². The number of hydrogen-bond donors (Lipinski definition) is 1. The van der Waals surface area contributed by atoms with Gasteiger partial charge in [0, 0.05) is 18.0 Å². The van der Waals surface area contributed by atoms with Gasteiger partial charge in [0.1, 0.15) is 4.99 Å². The zero-order valence-corrected chi connectivity index (χ0v) is 13.8. The Hall–Kier alpha value is -1.35. The van der Waals surface area contributed by atoms with Crippen LogP contribution < -0.4 is 5.73 Å². The topological polar surface area (TPSA) is 76.3 Å². The smallest absolute Gasteiger partial charge is 0.218 e. The molecule has 5 nitrogen and oxygen atoms in total. The second kappa shape index (κ2) is 6.61. The number of hydrogen-bond acceptors (Lipinski definition) is 5. The third-order valence-electron chi connectivity index (χ3n) is 2.93. The van der Waals surface area contributed by atoms with Crippen molar-refractivity contribution in [2.75, 3.05) is 7.05 Å². The lowest BCUT2D eigenvalue weighted by Gasteiger charge is -2.16. The highest BCUT2D eigenvalue weighted by atomic mass is 32.2. The molecule has 0 bridgehead atoms. The van der Waals surface area contributed by atoms with Crippen LogP contribution in [0.5, 0.6) is 0 Å². The third-order valence-corrected chi connectivity index (χ3v) is 5.58. The molecule has 0 saturated carbocycles. The Morgan fingerprint density at radius 2 is 2.05 bits per heavy atom. The third kappa shape index (κ3) is 4.31. The highest BCUT2D eigenvalue weighted by Gasteiger charge is 2.19. The molecule has 112 valence electrons. The Labute approximate surface area is 133 Å². The zero-order chi connectivity index (χ0) is 15.5. The second-order valence-electron chi connectivity index (χ2n) is 4.55. The molecular formula is C13H15N3O2S3. The van der Waals surface area contributed by atoms with Gasteiger partial charge in [-0.2, -0.15) is 4.31 Å². The van der Waals surface area contributed by atoms with E-state index in [-0.39, 0.29) is 12.3 Å². The standard InChI is InChI=1S/C13H15N3O2S3/c1-16(6-12-7-20-9-15-12)21(17,18)8-10-2-4-11(5-3-10)13(14)19/h2-5,7,9H,6,8H2,1H3,(H2,14,19). The molecule has 0 spiro atoms. The quantitative estimate of drug-likeness (QED) is 0.810. The van der Waals surface area contributed by atoms with Crippen molar-refractivity contribution in [3.8, 4) is 0 Å². The van der Waals surface area contributed by atoms with Crippen molar-refractivity contribution in [3.63, 3.8) is 0 Å². The van der Waals surface area contributed by atoms with Crippen molar-refractivity contribution in [2.24, 2.45) is 5.73 Å². The van der Waals surface area contributed by atoms with Crippen LogP contribution in [0.2, 0.25) is 0 Å². The minimum Gasteiger partial charge on any atom is -0.389 e. The fraction of sp³-hybridized carbons (Fsp3) is 0.231. The summed E-state index contributed by atoms with van der Waals surface area (Å²) in [5.41, 5.74) is 9.36. The number of nitrogens with zero attached hydrogens (tertiary/aromatic N) is 2. The highest BCUT2D eigenvalue weighted by Crippen LogP contribution is 2.14. The highest BCUT2D eigenvalue weighted by molar-refractivity contribution is 7.88. The van der Waals surface area contributed by atoms with Crippen LogP contribution in [0.3, 0.4) is 0 Å². The molecule has 1 aromatic heterocycles. The molecular weight excluding hydrogens is 326 g/mol. The summed E-state index contributed by atoms with van der Waals surface area (Å²) in [6.45, 7) is 0.275. The lowest BCUT2D eigenvalue weighted by molar-refractivity contribution is 0.462. The first kappa shape index (κ1) is 16.0. The summed E-state index contributed by atoms with van der Waals surface area (Å²) in [6.07, 6.45) is 0. The van der Waals surface area contributed by atoms with Gasteiger partial charge in [0.15, 0.2) is 0 Å². The zero-order valence-electron chi connectivity index (χ0n) is 11.4. The monoisotopic (exact) mass is 341 g/mol. The van der Waals surface area contributed by atoms with Crippen molar-refractivity contribution in [3.05, 3.63) is 52.0 Å². The number of thiazole rings is 1. The fourth-order valence-corrected chi connectivity index (χ4v) is 3.58. The van der Waals surface area contributed by atoms with E-state index < -0.39 is 10.0 Å². The minimum atomic E-state index is -3.39. The Kier molecular flexibility index (Phi) is 5.04. The van der Waals surface area contributed by atoms with Gasteiger partial charge in [0.25, 0.3) is 0 Å². The van der Waals surface area contributed by atoms with Crippen LogP contribution in [0.1, 0.15) is 16.8 Å². The number of thiocarbonyl (C=S) groups is 1. The van der Waals surface area contributed by atoms with E-state index in [0.717, 1.165) is 11.3 Å². The molecule has 0 saturated heterocycles. The van der Waals surface area contributed by atoms with Gasteiger partial charge in [-0.05, 0) is 5.56 Å². The van der Waals surface area contributed by atoms with E-state index in [1.165, 1.54) is 15.6 Å². The van der Waals surface area contributed by atoms with E-state index in [0.29, 0.717) is 10.6 Å². The van der Waals surface area contributed by atoms with Crippen molar-refractivity contribution in [2.45, 2.75) is 12.3 Å². The number of nitrogens with two attached hydrogens (primary N) is 1. The average Bonchev–Trinajstić information content (AvgIpc) is 2.91.